The summed E-state index contributed by atoms with van der Waals surface area (Å²) in [6.45, 7) is 4.55. The van der Waals surface area contributed by atoms with Crippen LogP contribution in [0.3, 0.4) is 0 Å². The van der Waals surface area contributed by atoms with Crippen molar-refractivity contribution in [3.63, 3.8) is 0 Å². The maximum Gasteiger partial charge on any atom is -0.0143 e. The van der Waals surface area contributed by atoms with Gasteiger partial charge in [0, 0.05) is 0 Å². The highest BCUT2D eigenvalue weighted by Gasteiger charge is 2.17. The standard InChI is InChI=1S/C26H34/c1-3-5-7-8-10-13-22-14-11-15-26-24(22)19-17-23-20-21(12-9-6-4-2)16-18-25(23)26/h10-11,13-16,18,20H,3-9,12,17,19H2,1-2H3. The third kappa shape index (κ3) is 4.67. The lowest BCUT2D eigenvalue weighted by molar-refractivity contribution is 0.716. The van der Waals surface area contributed by atoms with Gasteiger partial charge in [0.2, 0.25) is 0 Å². The first-order valence-electron chi connectivity index (χ1n) is 10.7. The number of unbranched alkanes of at least 4 members (excludes halogenated alkanes) is 5. The highest BCUT2D eigenvalue weighted by molar-refractivity contribution is 5.77. The van der Waals surface area contributed by atoms with Gasteiger partial charge in [-0.25, -0.2) is 0 Å². The molecule has 3 rings (SSSR count). The summed E-state index contributed by atoms with van der Waals surface area (Å²) in [5.41, 5.74) is 8.97. The monoisotopic (exact) mass is 346 g/mol. The van der Waals surface area contributed by atoms with Gasteiger partial charge in [-0.3, -0.25) is 0 Å². The number of benzene rings is 2. The summed E-state index contributed by atoms with van der Waals surface area (Å²) >= 11 is 0. The van der Waals surface area contributed by atoms with Crippen LogP contribution in [0.2, 0.25) is 0 Å². The minimum absolute atomic E-state index is 1.18. The second-order valence-corrected chi connectivity index (χ2v) is 7.72. The van der Waals surface area contributed by atoms with Gasteiger partial charge in [0.05, 0.1) is 0 Å². The fourth-order valence-electron chi connectivity index (χ4n) is 4.13. The van der Waals surface area contributed by atoms with E-state index in [0.29, 0.717) is 0 Å². The number of hydrogen-bond donors (Lipinski definition) is 0. The smallest absolute Gasteiger partial charge is 0.0143 e. The highest BCUT2D eigenvalue weighted by Crippen LogP contribution is 2.36. The van der Waals surface area contributed by atoms with E-state index in [4.69, 9.17) is 0 Å². The van der Waals surface area contributed by atoms with E-state index in [9.17, 15) is 0 Å². The lowest BCUT2D eigenvalue weighted by atomic mass is 9.82. The molecule has 0 atom stereocenters. The summed E-state index contributed by atoms with van der Waals surface area (Å²) < 4.78 is 0. The third-order valence-corrected chi connectivity index (χ3v) is 5.66. The van der Waals surface area contributed by atoms with Crippen LogP contribution in [0.25, 0.3) is 17.2 Å². The lowest BCUT2D eigenvalue weighted by Crippen LogP contribution is -2.06. The van der Waals surface area contributed by atoms with Crippen LogP contribution in [0, 0.1) is 0 Å². The Morgan fingerprint density at radius 3 is 2.54 bits per heavy atom. The molecule has 0 heteroatoms. The van der Waals surface area contributed by atoms with Crippen molar-refractivity contribution in [2.45, 2.75) is 78.1 Å². The van der Waals surface area contributed by atoms with Crippen LogP contribution >= 0.6 is 0 Å². The molecule has 0 saturated carbocycles. The van der Waals surface area contributed by atoms with Crippen molar-refractivity contribution in [3.05, 3.63) is 64.7 Å². The van der Waals surface area contributed by atoms with E-state index in [1.807, 2.05) is 0 Å². The Bertz CT molecular complexity index is 736. The van der Waals surface area contributed by atoms with Crippen LogP contribution in [0.15, 0.2) is 42.5 Å². The molecule has 0 N–H and O–H groups in total. The first-order valence-corrected chi connectivity index (χ1v) is 10.7. The zero-order valence-corrected chi connectivity index (χ0v) is 16.7. The predicted octanol–water partition coefficient (Wildman–Crippen LogP) is 7.78. The van der Waals surface area contributed by atoms with Gasteiger partial charge in [0.15, 0.2) is 0 Å². The molecule has 0 unspecified atom stereocenters. The average molecular weight is 347 g/mol. The Kier molecular flexibility index (Phi) is 7.12. The number of fused-ring (bicyclic) bond motifs is 3. The molecule has 0 saturated heterocycles. The maximum absolute atomic E-state index is 2.47. The SMILES string of the molecule is CCCCCC=Cc1cccc2c1CCc1cc(CCCCC)ccc1-2. The minimum Gasteiger partial charge on any atom is -0.0839 e. The first-order chi connectivity index (χ1) is 12.8. The van der Waals surface area contributed by atoms with E-state index >= 15 is 0 Å². The molecule has 0 nitrogen and oxygen atoms in total. The Labute approximate surface area is 160 Å². The molecule has 0 fully saturated rings. The average Bonchev–Trinajstić information content (AvgIpc) is 2.67. The fourth-order valence-corrected chi connectivity index (χ4v) is 4.13. The van der Waals surface area contributed by atoms with E-state index in [2.05, 4.69) is 62.4 Å². The van der Waals surface area contributed by atoms with Crippen LogP contribution < -0.4 is 0 Å². The van der Waals surface area contributed by atoms with Crippen molar-refractivity contribution in [3.8, 4) is 11.1 Å². The number of hydrogen-bond acceptors (Lipinski definition) is 0. The topological polar surface area (TPSA) is 0 Å². The van der Waals surface area contributed by atoms with E-state index in [0.717, 1.165) is 0 Å². The fraction of sp³-hybridized carbons (Fsp3) is 0.462. The molecule has 0 amide bonds. The zero-order valence-electron chi connectivity index (χ0n) is 16.7. The van der Waals surface area contributed by atoms with Gasteiger partial charge in [-0.2, -0.15) is 0 Å². The van der Waals surface area contributed by atoms with Crippen LogP contribution in [-0.4, -0.2) is 0 Å². The molecule has 26 heavy (non-hydrogen) atoms. The summed E-state index contributed by atoms with van der Waals surface area (Å²) in [6, 6.07) is 14.0. The molecule has 138 valence electrons. The van der Waals surface area contributed by atoms with Crippen LogP contribution in [0.5, 0.6) is 0 Å². The molecule has 0 bridgehead atoms. The van der Waals surface area contributed by atoms with E-state index in [-0.39, 0.29) is 0 Å². The van der Waals surface area contributed by atoms with E-state index in [1.165, 1.54) is 86.5 Å². The van der Waals surface area contributed by atoms with Gasteiger partial charge in [0.25, 0.3) is 0 Å². The molecule has 0 radical (unpaired) electrons. The largest absolute Gasteiger partial charge is 0.0839 e. The van der Waals surface area contributed by atoms with Crippen molar-refractivity contribution in [2.75, 3.05) is 0 Å². The Morgan fingerprint density at radius 2 is 1.69 bits per heavy atom. The van der Waals surface area contributed by atoms with Crippen LogP contribution in [-0.2, 0) is 19.3 Å². The van der Waals surface area contributed by atoms with Gasteiger partial charge in [-0.05, 0) is 71.9 Å². The van der Waals surface area contributed by atoms with Gasteiger partial charge in [-0.1, -0.05) is 88.1 Å². The minimum atomic E-state index is 1.18. The molecule has 1 aliphatic carbocycles. The maximum atomic E-state index is 2.47. The lowest BCUT2D eigenvalue weighted by Gasteiger charge is -2.22. The number of aryl methyl sites for hydroxylation is 2. The van der Waals surface area contributed by atoms with Crippen molar-refractivity contribution in [2.24, 2.45) is 0 Å². The highest BCUT2D eigenvalue weighted by atomic mass is 14.2. The van der Waals surface area contributed by atoms with Crippen molar-refractivity contribution < 1.29 is 0 Å². The Hall–Kier alpha value is -1.82. The van der Waals surface area contributed by atoms with Gasteiger partial charge >= 0.3 is 0 Å². The van der Waals surface area contributed by atoms with Crippen molar-refractivity contribution >= 4 is 6.08 Å². The van der Waals surface area contributed by atoms with Crippen LogP contribution in [0.1, 0.15) is 81.0 Å². The Morgan fingerprint density at radius 1 is 0.846 bits per heavy atom. The second kappa shape index (κ2) is 9.76. The van der Waals surface area contributed by atoms with E-state index < -0.39 is 0 Å². The van der Waals surface area contributed by atoms with Crippen molar-refractivity contribution in [1.29, 1.82) is 0 Å². The molecular formula is C26H34. The van der Waals surface area contributed by atoms with Crippen molar-refractivity contribution in [1.82, 2.24) is 0 Å². The number of allylic oxidation sites excluding steroid dienone is 1. The quantitative estimate of drug-likeness (QED) is 0.407. The molecule has 0 aromatic heterocycles. The first kappa shape index (κ1) is 19.0. The normalized spacial score (nSPS) is 13.0. The Balaban J connectivity index is 1.78. The summed E-state index contributed by atoms with van der Waals surface area (Å²) in [5.74, 6) is 0. The van der Waals surface area contributed by atoms with E-state index in [1.54, 1.807) is 11.1 Å². The summed E-state index contributed by atoms with van der Waals surface area (Å²) in [5, 5.41) is 0. The zero-order chi connectivity index (χ0) is 18.2. The molecule has 0 spiro atoms. The molecule has 1 aliphatic rings. The summed E-state index contributed by atoms with van der Waals surface area (Å²) in [6.07, 6.45) is 17.4. The molecule has 0 heterocycles. The van der Waals surface area contributed by atoms with Gasteiger partial charge < -0.3 is 0 Å². The predicted molar refractivity (Wildman–Crippen MR) is 116 cm³/mol. The third-order valence-electron chi connectivity index (χ3n) is 5.66. The number of rotatable bonds is 9. The molecular weight excluding hydrogens is 312 g/mol. The van der Waals surface area contributed by atoms with Crippen LogP contribution in [0.4, 0.5) is 0 Å². The van der Waals surface area contributed by atoms with Gasteiger partial charge in [0.1, 0.15) is 0 Å². The molecule has 0 aliphatic heterocycles. The summed E-state index contributed by atoms with van der Waals surface area (Å²) in [7, 11) is 0. The second-order valence-electron chi connectivity index (χ2n) is 7.72. The van der Waals surface area contributed by atoms with Gasteiger partial charge in [-0.15, -0.1) is 0 Å². The summed E-state index contributed by atoms with van der Waals surface area (Å²) in [4.78, 5) is 0. The molecule has 2 aromatic carbocycles. The molecule has 2 aromatic rings.